The number of rotatable bonds is 3. The van der Waals surface area contributed by atoms with Crippen LogP contribution in [0.2, 0.25) is 0 Å². The second-order valence-electron chi connectivity index (χ2n) is 6.58. The lowest BCUT2D eigenvalue weighted by Gasteiger charge is -2.21. The monoisotopic (exact) mass is 407 g/mol. The SMILES string of the molecule is Cc1nn(-c2nc(C)c(Br)c(=O)[nH]2)c(NC(=O)C2CCCCC2)c1C. The molecule has 0 saturated heterocycles. The van der Waals surface area contributed by atoms with Gasteiger partial charge in [-0.1, -0.05) is 19.3 Å². The highest BCUT2D eigenvalue weighted by atomic mass is 79.9. The maximum Gasteiger partial charge on any atom is 0.266 e. The number of aromatic amines is 1. The predicted octanol–water partition coefficient (Wildman–Crippen LogP) is 3.16. The predicted molar refractivity (Wildman–Crippen MR) is 99.1 cm³/mol. The molecule has 134 valence electrons. The van der Waals surface area contributed by atoms with E-state index in [1.54, 1.807) is 6.92 Å². The van der Waals surface area contributed by atoms with Crippen LogP contribution in [0.25, 0.3) is 5.95 Å². The summed E-state index contributed by atoms with van der Waals surface area (Å²) in [5.74, 6) is 0.911. The molecule has 1 aliphatic rings. The fraction of sp³-hybridized carbons (Fsp3) is 0.529. The van der Waals surface area contributed by atoms with Crippen molar-refractivity contribution in [2.24, 2.45) is 5.92 Å². The third-order valence-corrected chi connectivity index (χ3v) is 5.73. The Hall–Kier alpha value is -1.96. The Kier molecular flexibility index (Phi) is 5.08. The highest BCUT2D eigenvalue weighted by Crippen LogP contribution is 2.27. The van der Waals surface area contributed by atoms with Crippen LogP contribution in [-0.4, -0.2) is 25.7 Å². The van der Waals surface area contributed by atoms with E-state index < -0.39 is 0 Å². The van der Waals surface area contributed by atoms with Crippen LogP contribution < -0.4 is 10.9 Å². The van der Waals surface area contributed by atoms with Crippen LogP contribution in [0.5, 0.6) is 0 Å². The van der Waals surface area contributed by atoms with Gasteiger partial charge in [0.05, 0.1) is 11.4 Å². The van der Waals surface area contributed by atoms with Crippen molar-refractivity contribution in [1.82, 2.24) is 19.7 Å². The summed E-state index contributed by atoms with van der Waals surface area (Å²) in [7, 11) is 0. The minimum absolute atomic E-state index is 0.0140. The molecule has 0 aliphatic heterocycles. The minimum atomic E-state index is -0.280. The van der Waals surface area contributed by atoms with Crippen molar-refractivity contribution in [3.05, 3.63) is 31.8 Å². The highest BCUT2D eigenvalue weighted by Gasteiger charge is 2.24. The molecule has 25 heavy (non-hydrogen) atoms. The first-order chi connectivity index (χ1) is 11.9. The van der Waals surface area contributed by atoms with E-state index >= 15 is 0 Å². The van der Waals surface area contributed by atoms with E-state index in [2.05, 4.69) is 36.3 Å². The van der Waals surface area contributed by atoms with E-state index in [0.29, 0.717) is 21.9 Å². The molecule has 0 atom stereocenters. The number of H-pyrrole nitrogens is 1. The molecule has 1 fully saturated rings. The van der Waals surface area contributed by atoms with Gasteiger partial charge in [0.15, 0.2) is 0 Å². The zero-order valence-electron chi connectivity index (χ0n) is 14.6. The van der Waals surface area contributed by atoms with Gasteiger partial charge in [0, 0.05) is 11.5 Å². The minimum Gasteiger partial charge on any atom is -0.310 e. The van der Waals surface area contributed by atoms with Crippen molar-refractivity contribution in [1.29, 1.82) is 0 Å². The zero-order chi connectivity index (χ0) is 18.1. The van der Waals surface area contributed by atoms with Gasteiger partial charge in [-0.15, -0.1) is 0 Å². The second-order valence-corrected chi connectivity index (χ2v) is 7.38. The number of aryl methyl sites for hydroxylation is 2. The quantitative estimate of drug-likeness (QED) is 0.816. The molecule has 0 radical (unpaired) electrons. The van der Waals surface area contributed by atoms with Crippen LogP contribution >= 0.6 is 15.9 Å². The fourth-order valence-electron chi connectivity index (χ4n) is 3.15. The Balaban J connectivity index is 1.97. The first-order valence-corrected chi connectivity index (χ1v) is 9.31. The van der Waals surface area contributed by atoms with Crippen molar-refractivity contribution in [3.8, 4) is 5.95 Å². The summed E-state index contributed by atoms with van der Waals surface area (Å²) >= 11 is 3.21. The molecule has 2 aromatic heterocycles. The van der Waals surface area contributed by atoms with E-state index in [4.69, 9.17) is 0 Å². The molecular formula is C17H22BrN5O2. The summed E-state index contributed by atoms with van der Waals surface area (Å²) in [5, 5.41) is 7.45. The Morgan fingerprint density at radius 2 is 1.88 bits per heavy atom. The number of halogens is 1. The lowest BCUT2D eigenvalue weighted by atomic mass is 9.88. The molecule has 8 heteroatoms. The number of hydrogen-bond acceptors (Lipinski definition) is 4. The Morgan fingerprint density at radius 1 is 1.20 bits per heavy atom. The van der Waals surface area contributed by atoms with Gasteiger partial charge in [0.1, 0.15) is 10.3 Å². The molecule has 0 bridgehead atoms. The molecule has 2 heterocycles. The van der Waals surface area contributed by atoms with Crippen molar-refractivity contribution in [3.63, 3.8) is 0 Å². The van der Waals surface area contributed by atoms with E-state index in [-0.39, 0.29) is 17.4 Å². The normalized spacial score (nSPS) is 15.4. The van der Waals surface area contributed by atoms with E-state index in [1.165, 1.54) is 11.1 Å². The van der Waals surface area contributed by atoms with Crippen LogP contribution in [0.3, 0.4) is 0 Å². The number of anilines is 1. The highest BCUT2D eigenvalue weighted by molar-refractivity contribution is 9.10. The van der Waals surface area contributed by atoms with Gasteiger partial charge >= 0.3 is 0 Å². The molecule has 0 spiro atoms. The number of aromatic nitrogens is 4. The van der Waals surface area contributed by atoms with Crippen LogP contribution in [0, 0.1) is 26.7 Å². The van der Waals surface area contributed by atoms with Crippen LogP contribution in [-0.2, 0) is 4.79 Å². The van der Waals surface area contributed by atoms with E-state index in [9.17, 15) is 9.59 Å². The summed E-state index contributed by atoms with van der Waals surface area (Å²) in [6, 6.07) is 0. The molecule has 1 saturated carbocycles. The molecule has 3 rings (SSSR count). The Morgan fingerprint density at radius 3 is 2.52 bits per heavy atom. The largest absolute Gasteiger partial charge is 0.310 e. The van der Waals surface area contributed by atoms with Gasteiger partial charge in [-0.2, -0.15) is 9.78 Å². The van der Waals surface area contributed by atoms with Crippen molar-refractivity contribution >= 4 is 27.7 Å². The summed E-state index contributed by atoms with van der Waals surface area (Å²) in [6.45, 7) is 5.51. The zero-order valence-corrected chi connectivity index (χ0v) is 16.2. The van der Waals surface area contributed by atoms with Crippen LogP contribution in [0.1, 0.15) is 49.1 Å². The average molecular weight is 408 g/mol. The summed E-state index contributed by atoms with van der Waals surface area (Å²) in [5.41, 5.74) is 1.93. The first kappa shape index (κ1) is 17.8. The van der Waals surface area contributed by atoms with Crippen molar-refractivity contribution < 1.29 is 4.79 Å². The molecule has 2 aromatic rings. The molecular weight excluding hydrogens is 386 g/mol. The second kappa shape index (κ2) is 7.11. The van der Waals surface area contributed by atoms with Gasteiger partial charge in [-0.05, 0) is 49.5 Å². The third-order valence-electron chi connectivity index (χ3n) is 4.79. The summed E-state index contributed by atoms with van der Waals surface area (Å²) in [6.07, 6.45) is 5.23. The number of amides is 1. The lowest BCUT2D eigenvalue weighted by molar-refractivity contribution is -0.120. The van der Waals surface area contributed by atoms with Crippen molar-refractivity contribution in [2.45, 2.75) is 52.9 Å². The van der Waals surface area contributed by atoms with Gasteiger partial charge in [-0.3, -0.25) is 14.6 Å². The molecule has 0 aromatic carbocycles. The Labute approximate surface area is 154 Å². The maximum atomic E-state index is 12.6. The molecule has 0 unspecified atom stereocenters. The number of nitrogens with zero attached hydrogens (tertiary/aromatic N) is 3. The van der Waals surface area contributed by atoms with Crippen LogP contribution in [0.15, 0.2) is 9.27 Å². The number of nitrogens with one attached hydrogen (secondary N) is 2. The van der Waals surface area contributed by atoms with E-state index in [0.717, 1.165) is 36.9 Å². The van der Waals surface area contributed by atoms with Crippen molar-refractivity contribution in [2.75, 3.05) is 5.32 Å². The van der Waals surface area contributed by atoms with Gasteiger partial charge in [-0.25, -0.2) is 4.98 Å². The number of carbonyl (C=O) groups is 1. The average Bonchev–Trinajstić information content (AvgIpc) is 2.88. The standard InChI is InChI=1S/C17H22BrN5O2/c1-9-10(2)22-23(17-19-11(3)13(18)16(25)21-17)14(9)20-15(24)12-7-5-4-6-8-12/h12H,4-8H2,1-3H3,(H,20,24)(H,19,21,25). The molecule has 1 amide bonds. The number of carbonyl (C=O) groups excluding carboxylic acids is 1. The maximum absolute atomic E-state index is 12.6. The van der Waals surface area contributed by atoms with Crippen LogP contribution in [0.4, 0.5) is 5.82 Å². The summed E-state index contributed by atoms with van der Waals surface area (Å²) < 4.78 is 1.90. The van der Waals surface area contributed by atoms with Gasteiger partial charge in [0.25, 0.3) is 5.56 Å². The Bertz CT molecular complexity index is 865. The molecule has 7 nitrogen and oxygen atoms in total. The first-order valence-electron chi connectivity index (χ1n) is 8.52. The van der Waals surface area contributed by atoms with Gasteiger partial charge < -0.3 is 5.32 Å². The topological polar surface area (TPSA) is 92.7 Å². The fourth-order valence-corrected chi connectivity index (χ4v) is 3.33. The lowest BCUT2D eigenvalue weighted by Crippen LogP contribution is -2.27. The smallest absolute Gasteiger partial charge is 0.266 e. The molecule has 1 aliphatic carbocycles. The molecule has 2 N–H and O–H groups in total. The summed E-state index contributed by atoms with van der Waals surface area (Å²) in [4.78, 5) is 31.8. The van der Waals surface area contributed by atoms with E-state index in [1.807, 2.05) is 13.8 Å². The van der Waals surface area contributed by atoms with Gasteiger partial charge in [0.2, 0.25) is 11.9 Å². The number of hydrogen-bond donors (Lipinski definition) is 2. The third kappa shape index (κ3) is 3.53.